The van der Waals surface area contributed by atoms with E-state index in [9.17, 15) is 9.90 Å². The van der Waals surface area contributed by atoms with Gasteiger partial charge in [0.25, 0.3) is 0 Å². The number of hydrogen-bond acceptors (Lipinski definition) is 2. The Bertz CT molecular complexity index is 830. The molecular weight excluding hydrogens is 324 g/mol. The van der Waals surface area contributed by atoms with Crippen molar-refractivity contribution in [3.8, 4) is 0 Å². The summed E-state index contributed by atoms with van der Waals surface area (Å²) in [4.78, 5) is 15.2. The maximum Gasteiger partial charge on any atom is 0.224 e. The molecule has 1 aromatic heterocycles. The molecule has 3 N–H and O–H groups in total. The van der Waals surface area contributed by atoms with E-state index in [1.165, 1.54) is 0 Å². The summed E-state index contributed by atoms with van der Waals surface area (Å²) in [7, 11) is 0. The van der Waals surface area contributed by atoms with Crippen LogP contribution in [0.1, 0.15) is 23.7 Å². The molecule has 0 bridgehead atoms. The van der Waals surface area contributed by atoms with Crippen molar-refractivity contribution in [2.75, 3.05) is 6.54 Å². The largest absolute Gasteiger partial charge is 0.388 e. The van der Waals surface area contributed by atoms with Gasteiger partial charge in [0.15, 0.2) is 0 Å². The van der Waals surface area contributed by atoms with Gasteiger partial charge in [-0.15, -0.1) is 0 Å². The van der Waals surface area contributed by atoms with Crippen molar-refractivity contribution < 1.29 is 9.90 Å². The fraction of sp³-hybridized carbons (Fsp3) is 0.211. The van der Waals surface area contributed by atoms with E-state index >= 15 is 0 Å². The predicted octanol–water partition coefficient (Wildman–Crippen LogP) is 3.60. The molecule has 1 atom stereocenters. The van der Waals surface area contributed by atoms with Crippen LogP contribution in [0.3, 0.4) is 0 Å². The number of fused-ring (bicyclic) bond motifs is 1. The fourth-order valence-electron chi connectivity index (χ4n) is 2.73. The number of carbonyl (C=O) groups is 1. The van der Waals surface area contributed by atoms with E-state index in [1.807, 2.05) is 54.7 Å². The van der Waals surface area contributed by atoms with Crippen molar-refractivity contribution in [2.24, 2.45) is 0 Å². The molecule has 0 aliphatic carbocycles. The number of aliphatic hydroxyl groups excluding tert-OH is 1. The fourth-order valence-corrected chi connectivity index (χ4v) is 2.90. The molecule has 0 radical (unpaired) electrons. The molecule has 1 heterocycles. The van der Waals surface area contributed by atoms with Gasteiger partial charge in [-0.1, -0.05) is 48.0 Å². The third kappa shape index (κ3) is 3.96. The van der Waals surface area contributed by atoms with Crippen molar-refractivity contribution in [1.29, 1.82) is 0 Å². The van der Waals surface area contributed by atoms with E-state index in [1.54, 1.807) is 0 Å². The van der Waals surface area contributed by atoms with E-state index < -0.39 is 6.10 Å². The number of hydrogen-bond donors (Lipinski definition) is 3. The number of nitrogens with one attached hydrogen (secondary N) is 2. The number of aromatic nitrogens is 1. The molecule has 0 saturated carbocycles. The second-order valence-electron chi connectivity index (χ2n) is 5.75. The number of rotatable bonds is 6. The normalized spacial score (nSPS) is 12.2. The zero-order valence-electron chi connectivity index (χ0n) is 13.1. The van der Waals surface area contributed by atoms with Gasteiger partial charge in [0.2, 0.25) is 5.91 Å². The Morgan fingerprint density at radius 2 is 2.00 bits per heavy atom. The Kier molecular flexibility index (Phi) is 5.18. The van der Waals surface area contributed by atoms with Gasteiger partial charge < -0.3 is 15.4 Å². The van der Waals surface area contributed by atoms with Crippen LogP contribution in [0, 0.1) is 0 Å². The van der Waals surface area contributed by atoms with E-state index in [4.69, 9.17) is 11.6 Å². The summed E-state index contributed by atoms with van der Waals surface area (Å²) in [5.41, 5.74) is 2.72. The Labute approximate surface area is 145 Å². The molecule has 5 heteroatoms. The molecule has 1 unspecified atom stereocenters. The maximum absolute atomic E-state index is 12.1. The molecule has 1 amide bonds. The highest BCUT2D eigenvalue weighted by molar-refractivity contribution is 6.31. The second kappa shape index (κ2) is 7.51. The standard InChI is InChI=1S/C19H19ClN2O2/c20-15-6-7-16-14(12-22-17(16)11-15)10-19(24)21-9-8-18(23)13-4-2-1-3-5-13/h1-7,11-12,18,22-23H,8-10H2,(H,21,24). The third-order valence-electron chi connectivity index (χ3n) is 4.00. The lowest BCUT2D eigenvalue weighted by molar-refractivity contribution is -0.120. The summed E-state index contributed by atoms with van der Waals surface area (Å²) in [6.07, 6.45) is 2.04. The summed E-state index contributed by atoms with van der Waals surface area (Å²) in [6.45, 7) is 0.434. The minimum atomic E-state index is -0.568. The van der Waals surface area contributed by atoms with Crippen LogP contribution in [0.15, 0.2) is 54.7 Å². The van der Waals surface area contributed by atoms with Crippen molar-refractivity contribution in [3.05, 3.63) is 70.9 Å². The smallest absolute Gasteiger partial charge is 0.224 e. The van der Waals surface area contributed by atoms with Crippen LogP contribution in [0.5, 0.6) is 0 Å². The number of halogens is 1. The molecule has 3 rings (SSSR count). The molecule has 3 aromatic rings. The summed E-state index contributed by atoms with van der Waals surface area (Å²) in [6, 6.07) is 15.0. The first-order chi connectivity index (χ1) is 11.6. The van der Waals surface area contributed by atoms with Gasteiger partial charge in [0, 0.05) is 28.7 Å². The minimum absolute atomic E-state index is 0.0638. The summed E-state index contributed by atoms with van der Waals surface area (Å²) < 4.78 is 0. The van der Waals surface area contributed by atoms with E-state index in [-0.39, 0.29) is 5.91 Å². The highest BCUT2D eigenvalue weighted by Crippen LogP contribution is 2.22. The first-order valence-electron chi connectivity index (χ1n) is 7.88. The first kappa shape index (κ1) is 16.6. The van der Waals surface area contributed by atoms with Gasteiger partial charge in [-0.2, -0.15) is 0 Å². The minimum Gasteiger partial charge on any atom is -0.388 e. The molecule has 0 spiro atoms. The molecule has 0 aliphatic rings. The van der Waals surface area contributed by atoms with Crippen molar-refractivity contribution in [1.82, 2.24) is 10.3 Å². The average Bonchev–Trinajstić information content (AvgIpc) is 2.97. The molecular formula is C19H19ClN2O2. The number of aliphatic hydroxyl groups is 1. The van der Waals surface area contributed by atoms with Crippen LogP contribution in [0.25, 0.3) is 10.9 Å². The van der Waals surface area contributed by atoms with E-state index in [0.29, 0.717) is 24.4 Å². The zero-order chi connectivity index (χ0) is 16.9. The lowest BCUT2D eigenvalue weighted by atomic mass is 10.1. The Morgan fingerprint density at radius 3 is 2.79 bits per heavy atom. The van der Waals surface area contributed by atoms with Gasteiger partial charge in [-0.05, 0) is 29.7 Å². The molecule has 4 nitrogen and oxygen atoms in total. The van der Waals surface area contributed by atoms with Crippen LogP contribution in [0.4, 0.5) is 0 Å². The highest BCUT2D eigenvalue weighted by atomic mass is 35.5. The summed E-state index contributed by atoms with van der Waals surface area (Å²) in [5.74, 6) is -0.0638. The Balaban J connectivity index is 1.52. The molecule has 0 aliphatic heterocycles. The number of amides is 1. The monoisotopic (exact) mass is 342 g/mol. The molecule has 2 aromatic carbocycles. The van der Waals surface area contributed by atoms with E-state index in [2.05, 4.69) is 10.3 Å². The predicted molar refractivity (Wildman–Crippen MR) is 96.0 cm³/mol. The van der Waals surface area contributed by atoms with Crippen LogP contribution >= 0.6 is 11.6 Å². The lowest BCUT2D eigenvalue weighted by Crippen LogP contribution is -2.27. The van der Waals surface area contributed by atoms with E-state index in [0.717, 1.165) is 22.0 Å². The van der Waals surface area contributed by atoms with Crippen LogP contribution in [-0.4, -0.2) is 22.5 Å². The Hall–Kier alpha value is -2.30. The highest BCUT2D eigenvalue weighted by Gasteiger charge is 2.11. The van der Waals surface area contributed by atoms with Gasteiger partial charge >= 0.3 is 0 Å². The van der Waals surface area contributed by atoms with Crippen LogP contribution in [0.2, 0.25) is 5.02 Å². The topological polar surface area (TPSA) is 65.1 Å². The summed E-state index contributed by atoms with van der Waals surface area (Å²) >= 11 is 5.96. The van der Waals surface area contributed by atoms with Crippen molar-refractivity contribution in [3.63, 3.8) is 0 Å². The third-order valence-corrected chi connectivity index (χ3v) is 4.24. The quantitative estimate of drug-likeness (QED) is 0.640. The van der Waals surface area contributed by atoms with Gasteiger partial charge in [0.05, 0.1) is 12.5 Å². The average molecular weight is 343 g/mol. The maximum atomic E-state index is 12.1. The number of carbonyl (C=O) groups excluding carboxylic acids is 1. The number of H-pyrrole nitrogens is 1. The van der Waals surface area contributed by atoms with Gasteiger partial charge in [-0.25, -0.2) is 0 Å². The van der Waals surface area contributed by atoms with Gasteiger partial charge in [0.1, 0.15) is 0 Å². The zero-order valence-corrected chi connectivity index (χ0v) is 13.9. The van der Waals surface area contributed by atoms with Crippen molar-refractivity contribution >= 4 is 28.4 Å². The molecule has 0 fully saturated rings. The molecule has 24 heavy (non-hydrogen) atoms. The Morgan fingerprint density at radius 1 is 1.21 bits per heavy atom. The lowest BCUT2D eigenvalue weighted by Gasteiger charge is -2.11. The van der Waals surface area contributed by atoms with Crippen LogP contribution in [-0.2, 0) is 11.2 Å². The number of benzene rings is 2. The second-order valence-corrected chi connectivity index (χ2v) is 6.18. The molecule has 0 saturated heterocycles. The molecule has 124 valence electrons. The van der Waals surface area contributed by atoms with Crippen molar-refractivity contribution in [2.45, 2.75) is 18.9 Å². The van der Waals surface area contributed by atoms with Crippen LogP contribution < -0.4 is 5.32 Å². The summed E-state index contributed by atoms with van der Waals surface area (Å²) in [5, 5.41) is 14.6. The van der Waals surface area contributed by atoms with Gasteiger partial charge in [-0.3, -0.25) is 4.79 Å². The first-order valence-corrected chi connectivity index (χ1v) is 8.26. The SMILES string of the molecule is O=C(Cc1c[nH]c2cc(Cl)ccc12)NCCC(O)c1ccccc1. The number of aromatic amines is 1.